The number of amides is 1. The highest BCUT2D eigenvalue weighted by molar-refractivity contribution is 7.92. The Labute approximate surface area is 130 Å². The molecular weight excluding hydrogens is 308 g/mol. The standard InChI is InChI=1S/C14H20N2O5S/c1-9-5-6-12(15-22(4,20)21)11(7-9)13(17)16(3)8-10(2)14(18)19/h5-7,10,15H,8H2,1-4H3,(H,18,19). The molecule has 0 saturated carbocycles. The molecule has 0 radical (unpaired) electrons. The zero-order chi connectivity index (χ0) is 17.1. The summed E-state index contributed by atoms with van der Waals surface area (Å²) in [5.74, 6) is -2.16. The van der Waals surface area contributed by atoms with Crippen LogP contribution in [0.15, 0.2) is 18.2 Å². The van der Waals surface area contributed by atoms with Crippen LogP contribution in [0.5, 0.6) is 0 Å². The van der Waals surface area contributed by atoms with Crippen molar-refractivity contribution in [1.29, 1.82) is 0 Å². The number of aliphatic carboxylic acids is 1. The number of carboxylic acid groups (broad SMARTS) is 1. The number of hydrogen-bond acceptors (Lipinski definition) is 4. The second-order valence-corrected chi connectivity index (χ2v) is 7.10. The second kappa shape index (κ2) is 6.78. The Kier molecular flexibility index (Phi) is 5.54. The number of aryl methyl sites for hydroxylation is 1. The quantitative estimate of drug-likeness (QED) is 0.815. The lowest BCUT2D eigenvalue weighted by atomic mass is 10.1. The number of rotatable bonds is 6. The van der Waals surface area contributed by atoms with Crippen LogP contribution in [0, 0.1) is 12.8 Å². The van der Waals surface area contributed by atoms with Crippen LogP contribution in [-0.2, 0) is 14.8 Å². The van der Waals surface area contributed by atoms with E-state index in [9.17, 15) is 18.0 Å². The van der Waals surface area contributed by atoms with Gasteiger partial charge in [0.15, 0.2) is 0 Å². The van der Waals surface area contributed by atoms with Crippen molar-refractivity contribution in [3.05, 3.63) is 29.3 Å². The van der Waals surface area contributed by atoms with Gasteiger partial charge in [-0.25, -0.2) is 8.42 Å². The molecule has 0 aliphatic rings. The van der Waals surface area contributed by atoms with Gasteiger partial charge in [-0.15, -0.1) is 0 Å². The smallest absolute Gasteiger partial charge is 0.308 e. The van der Waals surface area contributed by atoms with Gasteiger partial charge in [-0.1, -0.05) is 18.6 Å². The van der Waals surface area contributed by atoms with E-state index in [1.165, 1.54) is 24.9 Å². The van der Waals surface area contributed by atoms with Gasteiger partial charge in [0.25, 0.3) is 5.91 Å². The number of carbonyl (C=O) groups is 2. The summed E-state index contributed by atoms with van der Waals surface area (Å²) < 4.78 is 25.1. The molecule has 122 valence electrons. The summed E-state index contributed by atoms with van der Waals surface area (Å²) in [6.45, 7) is 3.30. The topological polar surface area (TPSA) is 104 Å². The van der Waals surface area contributed by atoms with Gasteiger partial charge in [-0.3, -0.25) is 14.3 Å². The lowest BCUT2D eigenvalue weighted by Gasteiger charge is -2.21. The van der Waals surface area contributed by atoms with Gasteiger partial charge in [-0.05, 0) is 19.1 Å². The molecule has 0 saturated heterocycles. The van der Waals surface area contributed by atoms with Crippen molar-refractivity contribution in [2.45, 2.75) is 13.8 Å². The van der Waals surface area contributed by atoms with Gasteiger partial charge in [-0.2, -0.15) is 0 Å². The van der Waals surface area contributed by atoms with Crippen molar-refractivity contribution in [3.8, 4) is 0 Å². The maximum absolute atomic E-state index is 12.5. The Balaban J connectivity index is 3.10. The van der Waals surface area contributed by atoms with E-state index >= 15 is 0 Å². The highest BCUT2D eigenvalue weighted by Crippen LogP contribution is 2.20. The van der Waals surface area contributed by atoms with Gasteiger partial charge < -0.3 is 10.0 Å². The van der Waals surface area contributed by atoms with Crippen molar-refractivity contribution in [1.82, 2.24) is 4.90 Å². The Hall–Kier alpha value is -2.09. The molecule has 1 unspecified atom stereocenters. The third-order valence-corrected chi connectivity index (χ3v) is 3.61. The molecule has 1 atom stereocenters. The summed E-state index contributed by atoms with van der Waals surface area (Å²) in [4.78, 5) is 24.6. The van der Waals surface area contributed by atoms with E-state index in [1.54, 1.807) is 19.1 Å². The van der Waals surface area contributed by atoms with Crippen LogP contribution >= 0.6 is 0 Å². The third-order valence-electron chi connectivity index (χ3n) is 3.02. The predicted molar refractivity (Wildman–Crippen MR) is 83.4 cm³/mol. The van der Waals surface area contributed by atoms with Crippen LogP contribution in [-0.4, -0.2) is 50.1 Å². The first-order valence-electron chi connectivity index (χ1n) is 6.58. The van der Waals surface area contributed by atoms with Crippen LogP contribution < -0.4 is 4.72 Å². The Bertz CT molecular complexity index is 684. The van der Waals surface area contributed by atoms with Gasteiger partial charge >= 0.3 is 5.97 Å². The fourth-order valence-electron chi connectivity index (χ4n) is 1.90. The minimum Gasteiger partial charge on any atom is -0.481 e. The molecule has 0 heterocycles. The fraction of sp³-hybridized carbons (Fsp3) is 0.429. The molecule has 0 bridgehead atoms. The first-order chi connectivity index (χ1) is 10.0. The van der Waals surface area contributed by atoms with E-state index in [1.807, 2.05) is 0 Å². The molecule has 0 spiro atoms. The number of carboxylic acids is 1. The number of carbonyl (C=O) groups excluding carboxylic acids is 1. The molecule has 1 aromatic rings. The molecule has 22 heavy (non-hydrogen) atoms. The van der Waals surface area contributed by atoms with Crippen LogP contribution in [0.25, 0.3) is 0 Å². The van der Waals surface area contributed by atoms with Gasteiger partial charge in [0.05, 0.1) is 23.4 Å². The van der Waals surface area contributed by atoms with E-state index < -0.39 is 27.8 Å². The normalized spacial score (nSPS) is 12.5. The monoisotopic (exact) mass is 328 g/mol. The predicted octanol–water partition coefficient (Wildman–Crippen LogP) is 1.16. The zero-order valence-electron chi connectivity index (χ0n) is 13.0. The van der Waals surface area contributed by atoms with Gasteiger partial charge in [0.2, 0.25) is 10.0 Å². The summed E-state index contributed by atoms with van der Waals surface area (Å²) in [5, 5.41) is 8.91. The van der Waals surface area contributed by atoms with Crippen molar-refractivity contribution < 1.29 is 23.1 Å². The molecule has 0 aliphatic carbocycles. The average molecular weight is 328 g/mol. The molecule has 1 rings (SSSR count). The Morgan fingerprint density at radius 1 is 1.36 bits per heavy atom. The molecule has 8 heteroatoms. The first-order valence-corrected chi connectivity index (χ1v) is 8.47. The molecular formula is C14H20N2O5S. The number of benzene rings is 1. The number of nitrogens with one attached hydrogen (secondary N) is 1. The number of sulfonamides is 1. The first kappa shape index (κ1) is 18.0. The van der Waals surface area contributed by atoms with Crippen molar-refractivity contribution in [2.24, 2.45) is 5.92 Å². The molecule has 7 nitrogen and oxygen atoms in total. The molecule has 0 aromatic heterocycles. The summed E-state index contributed by atoms with van der Waals surface area (Å²) in [5.41, 5.74) is 1.15. The lowest BCUT2D eigenvalue weighted by molar-refractivity contribution is -0.141. The summed E-state index contributed by atoms with van der Waals surface area (Å²) in [6, 6.07) is 4.76. The summed E-state index contributed by atoms with van der Waals surface area (Å²) in [6.07, 6.45) is 0.997. The van der Waals surface area contributed by atoms with Crippen LogP contribution in [0.4, 0.5) is 5.69 Å². The minimum absolute atomic E-state index is 0.0282. The SMILES string of the molecule is Cc1ccc(NS(C)(=O)=O)c(C(=O)N(C)CC(C)C(=O)O)c1. The van der Waals surface area contributed by atoms with E-state index in [4.69, 9.17) is 5.11 Å². The van der Waals surface area contributed by atoms with Crippen LogP contribution in [0.3, 0.4) is 0 Å². The lowest BCUT2D eigenvalue weighted by Crippen LogP contribution is -2.34. The number of anilines is 1. The van der Waals surface area contributed by atoms with E-state index in [0.717, 1.165) is 11.8 Å². The van der Waals surface area contributed by atoms with Crippen molar-refractivity contribution in [2.75, 3.05) is 24.6 Å². The largest absolute Gasteiger partial charge is 0.481 e. The highest BCUT2D eigenvalue weighted by atomic mass is 32.2. The van der Waals surface area contributed by atoms with E-state index in [2.05, 4.69) is 4.72 Å². The van der Waals surface area contributed by atoms with Crippen molar-refractivity contribution in [3.63, 3.8) is 0 Å². The van der Waals surface area contributed by atoms with Crippen molar-refractivity contribution >= 4 is 27.6 Å². The third kappa shape index (κ3) is 5.03. The molecule has 0 aliphatic heterocycles. The highest BCUT2D eigenvalue weighted by Gasteiger charge is 2.21. The zero-order valence-corrected chi connectivity index (χ0v) is 13.8. The molecule has 2 N–H and O–H groups in total. The maximum atomic E-state index is 12.5. The molecule has 1 aromatic carbocycles. The second-order valence-electron chi connectivity index (χ2n) is 5.35. The van der Waals surface area contributed by atoms with E-state index in [0.29, 0.717) is 0 Å². The van der Waals surface area contributed by atoms with Crippen LogP contribution in [0.1, 0.15) is 22.8 Å². The van der Waals surface area contributed by atoms with Gasteiger partial charge in [0.1, 0.15) is 0 Å². The average Bonchev–Trinajstić information content (AvgIpc) is 2.38. The fourth-order valence-corrected chi connectivity index (χ4v) is 2.48. The van der Waals surface area contributed by atoms with Gasteiger partial charge in [0, 0.05) is 13.6 Å². The summed E-state index contributed by atoms with van der Waals surface area (Å²) in [7, 11) is -2.04. The Morgan fingerprint density at radius 2 is 1.95 bits per heavy atom. The minimum atomic E-state index is -3.52. The van der Waals surface area contributed by atoms with Crippen LogP contribution in [0.2, 0.25) is 0 Å². The summed E-state index contributed by atoms with van der Waals surface area (Å²) >= 11 is 0. The number of hydrogen-bond donors (Lipinski definition) is 2. The molecule has 0 fully saturated rings. The molecule has 1 amide bonds. The Morgan fingerprint density at radius 3 is 2.45 bits per heavy atom. The maximum Gasteiger partial charge on any atom is 0.308 e. The van der Waals surface area contributed by atoms with E-state index in [-0.39, 0.29) is 17.8 Å². The number of nitrogens with zero attached hydrogens (tertiary/aromatic N) is 1.